The van der Waals surface area contributed by atoms with Gasteiger partial charge in [0, 0.05) is 6.04 Å². The average Bonchev–Trinajstić information content (AvgIpc) is 2.98. The zero-order valence-corrected chi connectivity index (χ0v) is 7.72. The van der Waals surface area contributed by atoms with Crippen molar-refractivity contribution in [1.29, 1.82) is 0 Å². The van der Waals surface area contributed by atoms with Crippen molar-refractivity contribution in [2.75, 3.05) is 0 Å². The standard InChI is InChI=1S/C9H11N5/c10-5-8-12-7-3-4-11-13-9(7)14(8)6-1-2-6/h3-4,6H,1-2,5,10H2. The molecule has 0 amide bonds. The normalized spacial score (nSPS) is 16.4. The van der Waals surface area contributed by atoms with Gasteiger partial charge >= 0.3 is 0 Å². The third-order valence-electron chi connectivity index (χ3n) is 2.53. The lowest BCUT2D eigenvalue weighted by molar-refractivity contribution is 0.692. The predicted molar refractivity (Wildman–Crippen MR) is 51.5 cm³/mol. The van der Waals surface area contributed by atoms with E-state index >= 15 is 0 Å². The van der Waals surface area contributed by atoms with Crippen LogP contribution < -0.4 is 5.73 Å². The molecule has 0 unspecified atom stereocenters. The summed E-state index contributed by atoms with van der Waals surface area (Å²) < 4.78 is 2.13. The van der Waals surface area contributed by atoms with Crippen LogP contribution in [0.5, 0.6) is 0 Å². The van der Waals surface area contributed by atoms with Crippen molar-refractivity contribution in [2.45, 2.75) is 25.4 Å². The van der Waals surface area contributed by atoms with E-state index in [1.54, 1.807) is 6.20 Å². The van der Waals surface area contributed by atoms with Crippen molar-refractivity contribution in [3.63, 3.8) is 0 Å². The first-order valence-corrected chi connectivity index (χ1v) is 4.78. The predicted octanol–water partition coefficient (Wildman–Crippen LogP) is 0.620. The fourth-order valence-electron chi connectivity index (χ4n) is 1.75. The van der Waals surface area contributed by atoms with E-state index in [0.717, 1.165) is 17.0 Å². The quantitative estimate of drug-likeness (QED) is 0.751. The van der Waals surface area contributed by atoms with Crippen molar-refractivity contribution in [3.05, 3.63) is 18.1 Å². The molecule has 0 radical (unpaired) electrons. The van der Waals surface area contributed by atoms with Crippen LogP contribution in [0.1, 0.15) is 24.7 Å². The fraction of sp³-hybridized carbons (Fsp3) is 0.444. The summed E-state index contributed by atoms with van der Waals surface area (Å²) in [6.45, 7) is 0.465. The average molecular weight is 189 g/mol. The molecule has 72 valence electrons. The zero-order valence-electron chi connectivity index (χ0n) is 7.72. The lowest BCUT2D eigenvalue weighted by Gasteiger charge is -2.03. The Morgan fingerprint density at radius 2 is 2.36 bits per heavy atom. The van der Waals surface area contributed by atoms with E-state index in [1.165, 1.54) is 12.8 Å². The third-order valence-corrected chi connectivity index (χ3v) is 2.53. The van der Waals surface area contributed by atoms with Gasteiger partial charge in [-0.25, -0.2) is 4.98 Å². The summed E-state index contributed by atoms with van der Waals surface area (Å²) >= 11 is 0. The Kier molecular flexibility index (Phi) is 1.55. The van der Waals surface area contributed by atoms with Gasteiger partial charge in [0.25, 0.3) is 0 Å². The van der Waals surface area contributed by atoms with Gasteiger partial charge in [0.05, 0.1) is 12.7 Å². The Hall–Kier alpha value is -1.49. The van der Waals surface area contributed by atoms with Crippen molar-refractivity contribution in [2.24, 2.45) is 5.73 Å². The first-order valence-electron chi connectivity index (χ1n) is 4.78. The molecule has 0 spiro atoms. The van der Waals surface area contributed by atoms with Gasteiger partial charge in [-0.05, 0) is 18.9 Å². The molecule has 14 heavy (non-hydrogen) atoms. The summed E-state index contributed by atoms with van der Waals surface area (Å²) in [7, 11) is 0. The maximum Gasteiger partial charge on any atom is 0.182 e. The van der Waals surface area contributed by atoms with Gasteiger partial charge < -0.3 is 10.3 Å². The summed E-state index contributed by atoms with van der Waals surface area (Å²) in [6, 6.07) is 2.43. The van der Waals surface area contributed by atoms with Crippen LogP contribution >= 0.6 is 0 Å². The number of nitrogens with two attached hydrogens (primary N) is 1. The van der Waals surface area contributed by atoms with E-state index in [9.17, 15) is 0 Å². The number of hydrogen-bond donors (Lipinski definition) is 1. The van der Waals surface area contributed by atoms with Crippen molar-refractivity contribution in [3.8, 4) is 0 Å². The minimum atomic E-state index is 0.465. The molecule has 2 aromatic heterocycles. The molecule has 1 aliphatic carbocycles. The molecular formula is C9H11N5. The molecule has 0 aromatic carbocycles. The van der Waals surface area contributed by atoms with Crippen LogP contribution in [0, 0.1) is 0 Å². The monoisotopic (exact) mass is 189 g/mol. The van der Waals surface area contributed by atoms with Crippen molar-refractivity contribution < 1.29 is 0 Å². The fourth-order valence-corrected chi connectivity index (χ4v) is 1.75. The van der Waals surface area contributed by atoms with Gasteiger partial charge in [-0.3, -0.25) is 0 Å². The SMILES string of the molecule is NCc1nc2ccnnc2n1C1CC1. The third kappa shape index (κ3) is 1.02. The Morgan fingerprint density at radius 1 is 1.50 bits per heavy atom. The maximum absolute atomic E-state index is 5.65. The first-order chi connectivity index (χ1) is 6.90. The number of rotatable bonds is 2. The second kappa shape index (κ2) is 2.75. The van der Waals surface area contributed by atoms with E-state index in [1.807, 2.05) is 6.07 Å². The molecule has 5 heteroatoms. The Labute approximate surface area is 81.0 Å². The van der Waals surface area contributed by atoms with Gasteiger partial charge in [-0.2, -0.15) is 5.10 Å². The number of aromatic nitrogens is 4. The van der Waals surface area contributed by atoms with E-state index in [4.69, 9.17) is 5.73 Å². The van der Waals surface area contributed by atoms with Crippen LogP contribution in [0.15, 0.2) is 12.3 Å². The van der Waals surface area contributed by atoms with Crippen LogP contribution in [0.2, 0.25) is 0 Å². The molecule has 1 fully saturated rings. The Balaban J connectivity index is 2.29. The van der Waals surface area contributed by atoms with E-state index in [2.05, 4.69) is 19.7 Å². The molecule has 0 bridgehead atoms. The van der Waals surface area contributed by atoms with Gasteiger partial charge in [-0.1, -0.05) is 0 Å². The maximum atomic E-state index is 5.65. The molecule has 2 aromatic rings. The molecule has 5 nitrogen and oxygen atoms in total. The van der Waals surface area contributed by atoms with E-state index in [0.29, 0.717) is 12.6 Å². The van der Waals surface area contributed by atoms with E-state index in [-0.39, 0.29) is 0 Å². The molecule has 0 atom stereocenters. The highest BCUT2D eigenvalue weighted by Crippen LogP contribution is 2.37. The molecule has 3 rings (SSSR count). The van der Waals surface area contributed by atoms with Gasteiger partial charge in [0.15, 0.2) is 5.65 Å². The highest BCUT2D eigenvalue weighted by molar-refractivity contribution is 5.70. The molecular weight excluding hydrogens is 178 g/mol. The summed E-state index contributed by atoms with van der Waals surface area (Å²) in [6.07, 6.45) is 4.07. The summed E-state index contributed by atoms with van der Waals surface area (Å²) in [5, 5.41) is 7.99. The van der Waals surface area contributed by atoms with Gasteiger partial charge in [0.2, 0.25) is 0 Å². The minimum Gasteiger partial charge on any atom is -0.324 e. The molecule has 0 aliphatic heterocycles. The number of imidazole rings is 1. The first kappa shape index (κ1) is 7.87. The Bertz CT molecular complexity index is 471. The minimum absolute atomic E-state index is 0.465. The van der Waals surface area contributed by atoms with Crippen LogP contribution in [-0.2, 0) is 6.54 Å². The van der Waals surface area contributed by atoms with Crippen LogP contribution in [0.3, 0.4) is 0 Å². The smallest absolute Gasteiger partial charge is 0.182 e. The second-order valence-corrected chi connectivity index (χ2v) is 3.57. The topological polar surface area (TPSA) is 69.6 Å². The van der Waals surface area contributed by atoms with Crippen LogP contribution in [-0.4, -0.2) is 19.7 Å². The zero-order chi connectivity index (χ0) is 9.54. The molecule has 0 saturated heterocycles. The number of nitrogens with zero attached hydrogens (tertiary/aromatic N) is 4. The molecule has 1 aliphatic rings. The van der Waals surface area contributed by atoms with Crippen LogP contribution in [0.25, 0.3) is 11.2 Å². The largest absolute Gasteiger partial charge is 0.324 e. The number of hydrogen-bond acceptors (Lipinski definition) is 4. The lowest BCUT2D eigenvalue weighted by Crippen LogP contribution is -2.07. The summed E-state index contributed by atoms with van der Waals surface area (Å²) in [5.74, 6) is 0.919. The Morgan fingerprint density at radius 3 is 3.07 bits per heavy atom. The highest BCUT2D eigenvalue weighted by Gasteiger charge is 2.28. The summed E-state index contributed by atoms with van der Waals surface area (Å²) in [5.41, 5.74) is 7.42. The summed E-state index contributed by atoms with van der Waals surface area (Å²) in [4.78, 5) is 4.43. The molecule has 2 N–H and O–H groups in total. The van der Waals surface area contributed by atoms with Crippen molar-refractivity contribution in [1.82, 2.24) is 19.7 Å². The van der Waals surface area contributed by atoms with Gasteiger partial charge in [-0.15, -0.1) is 5.10 Å². The van der Waals surface area contributed by atoms with Crippen molar-refractivity contribution >= 4 is 11.2 Å². The highest BCUT2D eigenvalue weighted by atomic mass is 15.2. The second-order valence-electron chi connectivity index (χ2n) is 3.57. The van der Waals surface area contributed by atoms with Gasteiger partial charge in [0.1, 0.15) is 11.3 Å². The lowest BCUT2D eigenvalue weighted by atomic mass is 10.5. The molecule has 1 saturated carbocycles. The van der Waals surface area contributed by atoms with Crippen LogP contribution in [0.4, 0.5) is 0 Å². The number of fused-ring (bicyclic) bond motifs is 1. The molecule has 2 heterocycles. The van der Waals surface area contributed by atoms with E-state index < -0.39 is 0 Å².